The van der Waals surface area contributed by atoms with Crippen LogP contribution in [0.25, 0.3) is 0 Å². The van der Waals surface area contributed by atoms with Gasteiger partial charge < -0.3 is 0 Å². The number of nitrogens with zero attached hydrogens (tertiary/aromatic N) is 2. The number of hydrogen-bond acceptors (Lipinski definition) is 2. The van der Waals surface area contributed by atoms with E-state index in [9.17, 15) is 0 Å². The molecule has 0 radical (unpaired) electrons. The zero-order chi connectivity index (χ0) is 16.2. The first-order valence-electron chi connectivity index (χ1n) is 8.53. The molecule has 1 aliphatic rings. The standard InChI is InChI=1S/C18H32N2P2/c1-5-7-15-21(3)17-18(22(4)16-8-6-2)20-14-12-10-9-11-13-19-17/h9-12H,5-8,13-16H2,1-4H3/b11-9-,12-10-,19-17+,20-18+. The molecule has 1 rings (SSSR count). The molecule has 0 aromatic rings. The van der Waals surface area contributed by atoms with Crippen LogP contribution >= 0.6 is 15.8 Å². The molecule has 2 atom stereocenters. The van der Waals surface area contributed by atoms with Gasteiger partial charge in [-0.3, -0.25) is 9.98 Å². The maximum Gasteiger partial charge on any atom is 0.0830 e. The lowest BCUT2D eigenvalue weighted by atomic mass is 10.4. The van der Waals surface area contributed by atoms with Crippen LogP contribution in [0.15, 0.2) is 34.3 Å². The molecule has 2 unspecified atom stereocenters. The quantitative estimate of drug-likeness (QED) is 0.505. The molecule has 2 nitrogen and oxygen atoms in total. The summed E-state index contributed by atoms with van der Waals surface area (Å²) in [5, 5.41) is 0. The molecule has 0 bridgehead atoms. The van der Waals surface area contributed by atoms with Crippen LogP contribution in [0.2, 0.25) is 0 Å². The number of allylic oxidation sites excluding steroid dienone is 2. The first-order valence-corrected chi connectivity index (χ1v) is 12.5. The van der Waals surface area contributed by atoms with Gasteiger partial charge in [0, 0.05) is 0 Å². The van der Waals surface area contributed by atoms with Gasteiger partial charge >= 0.3 is 0 Å². The van der Waals surface area contributed by atoms with Crippen molar-refractivity contribution in [1.29, 1.82) is 0 Å². The summed E-state index contributed by atoms with van der Waals surface area (Å²) >= 11 is 0. The van der Waals surface area contributed by atoms with Crippen molar-refractivity contribution in [3.8, 4) is 0 Å². The van der Waals surface area contributed by atoms with Crippen molar-refractivity contribution in [1.82, 2.24) is 0 Å². The lowest BCUT2D eigenvalue weighted by Crippen LogP contribution is -2.15. The Morgan fingerprint density at radius 2 is 1.23 bits per heavy atom. The third-order valence-corrected chi connectivity index (χ3v) is 8.00. The van der Waals surface area contributed by atoms with Crippen LogP contribution in [-0.4, -0.2) is 49.6 Å². The summed E-state index contributed by atoms with van der Waals surface area (Å²) in [5.74, 6) is 0. The molecular weight excluding hydrogens is 306 g/mol. The maximum absolute atomic E-state index is 4.96. The Kier molecular flexibility index (Phi) is 10.9. The van der Waals surface area contributed by atoms with Gasteiger partial charge in [0.15, 0.2) is 0 Å². The van der Waals surface area contributed by atoms with Gasteiger partial charge in [-0.1, -0.05) is 66.8 Å². The van der Waals surface area contributed by atoms with E-state index in [1.54, 1.807) is 0 Å². The van der Waals surface area contributed by atoms with E-state index in [1.807, 2.05) is 0 Å². The normalized spacial score (nSPS) is 26.2. The van der Waals surface area contributed by atoms with Gasteiger partial charge in [-0.2, -0.15) is 0 Å². The van der Waals surface area contributed by atoms with Gasteiger partial charge in [0.2, 0.25) is 0 Å². The topological polar surface area (TPSA) is 24.7 Å². The lowest BCUT2D eigenvalue weighted by Gasteiger charge is -2.22. The zero-order valence-electron chi connectivity index (χ0n) is 14.8. The van der Waals surface area contributed by atoms with Crippen molar-refractivity contribution >= 4 is 26.7 Å². The molecule has 0 aromatic carbocycles. The predicted molar refractivity (Wildman–Crippen MR) is 108 cm³/mol. The molecule has 0 saturated carbocycles. The molecule has 4 heteroatoms. The minimum atomic E-state index is -0.163. The lowest BCUT2D eigenvalue weighted by molar-refractivity contribution is 0.893. The van der Waals surface area contributed by atoms with E-state index in [0.717, 1.165) is 13.1 Å². The van der Waals surface area contributed by atoms with Crippen LogP contribution in [0.3, 0.4) is 0 Å². The van der Waals surface area contributed by atoms with Gasteiger partial charge in [-0.05, 0) is 38.5 Å². The van der Waals surface area contributed by atoms with Crippen molar-refractivity contribution in [3.05, 3.63) is 24.3 Å². The van der Waals surface area contributed by atoms with Gasteiger partial charge in [-0.25, -0.2) is 0 Å². The molecular formula is C18H32N2P2. The monoisotopic (exact) mass is 338 g/mol. The summed E-state index contributed by atoms with van der Waals surface area (Å²) in [5.41, 5.74) is 2.71. The minimum absolute atomic E-state index is 0.163. The van der Waals surface area contributed by atoms with Gasteiger partial charge in [0.05, 0.1) is 24.0 Å². The van der Waals surface area contributed by atoms with E-state index in [4.69, 9.17) is 9.98 Å². The van der Waals surface area contributed by atoms with Crippen molar-refractivity contribution in [2.45, 2.75) is 39.5 Å². The molecule has 0 spiro atoms. The molecule has 124 valence electrons. The Labute approximate surface area is 139 Å². The number of rotatable bonds is 8. The van der Waals surface area contributed by atoms with E-state index < -0.39 is 0 Å². The molecule has 1 heterocycles. The first-order chi connectivity index (χ1) is 10.7. The minimum Gasteiger partial charge on any atom is -0.279 e. The second-order valence-corrected chi connectivity index (χ2v) is 10.3. The molecule has 0 aromatic heterocycles. The Balaban J connectivity index is 2.97. The summed E-state index contributed by atoms with van der Waals surface area (Å²) < 4.78 is 0. The van der Waals surface area contributed by atoms with Gasteiger partial charge in [0.25, 0.3) is 0 Å². The van der Waals surface area contributed by atoms with Crippen molar-refractivity contribution in [2.75, 3.05) is 38.7 Å². The fourth-order valence-corrected chi connectivity index (χ4v) is 6.78. The van der Waals surface area contributed by atoms with E-state index in [0.29, 0.717) is 0 Å². The van der Waals surface area contributed by atoms with E-state index in [2.05, 4.69) is 51.5 Å². The number of aliphatic imine (C=N–C) groups is 2. The smallest absolute Gasteiger partial charge is 0.0830 e. The Bertz CT molecular complexity index is 385. The average Bonchev–Trinajstić information content (AvgIpc) is 2.54. The van der Waals surface area contributed by atoms with E-state index in [1.165, 1.54) is 48.9 Å². The summed E-state index contributed by atoms with van der Waals surface area (Å²) in [6.45, 7) is 10.9. The van der Waals surface area contributed by atoms with E-state index in [-0.39, 0.29) is 15.8 Å². The molecule has 22 heavy (non-hydrogen) atoms. The van der Waals surface area contributed by atoms with Crippen LogP contribution in [0.4, 0.5) is 0 Å². The van der Waals surface area contributed by atoms with Gasteiger partial charge in [0.1, 0.15) is 0 Å². The first kappa shape index (κ1) is 19.7. The Morgan fingerprint density at radius 3 is 1.59 bits per heavy atom. The number of hydrogen-bond donors (Lipinski definition) is 0. The summed E-state index contributed by atoms with van der Waals surface area (Å²) in [7, 11) is -0.327. The average molecular weight is 338 g/mol. The second kappa shape index (κ2) is 12.1. The van der Waals surface area contributed by atoms with Crippen molar-refractivity contribution in [3.63, 3.8) is 0 Å². The van der Waals surface area contributed by atoms with Crippen LogP contribution in [0, 0.1) is 0 Å². The van der Waals surface area contributed by atoms with Crippen LogP contribution in [-0.2, 0) is 0 Å². The van der Waals surface area contributed by atoms with E-state index >= 15 is 0 Å². The SMILES string of the molecule is CCCCP(C)C1=N/C/C=C\C=C/C/N=C\1P(C)CCCC. The molecule has 0 amide bonds. The highest BCUT2D eigenvalue weighted by Gasteiger charge is 2.20. The Morgan fingerprint density at radius 1 is 0.818 bits per heavy atom. The summed E-state index contributed by atoms with van der Waals surface area (Å²) in [6, 6.07) is 0. The van der Waals surface area contributed by atoms with Crippen LogP contribution in [0.1, 0.15) is 39.5 Å². The highest BCUT2D eigenvalue weighted by Crippen LogP contribution is 2.44. The predicted octanol–water partition coefficient (Wildman–Crippen LogP) is 5.73. The number of unbranched alkanes of at least 4 members (excludes halogenated alkanes) is 2. The molecule has 0 N–H and O–H groups in total. The second-order valence-electron chi connectivity index (χ2n) is 5.74. The largest absolute Gasteiger partial charge is 0.279 e. The van der Waals surface area contributed by atoms with Crippen LogP contribution < -0.4 is 0 Å². The zero-order valence-corrected chi connectivity index (χ0v) is 16.5. The molecule has 0 aliphatic carbocycles. The fraction of sp³-hybridized carbons (Fsp3) is 0.667. The van der Waals surface area contributed by atoms with Crippen LogP contribution in [0.5, 0.6) is 0 Å². The van der Waals surface area contributed by atoms with Gasteiger partial charge in [-0.15, -0.1) is 0 Å². The summed E-state index contributed by atoms with van der Waals surface area (Å²) in [6.07, 6.45) is 16.2. The van der Waals surface area contributed by atoms with Crippen molar-refractivity contribution < 1.29 is 0 Å². The summed E-state index contributed by atoms with van der Waals surface area (Å²) in [4.78, 5) is 9.92. The Hall–Kier alpha value is -0.320. The third-order valence-electron chi connectivity index (χ3n) is 3.69. The fourth-order valence-electron chi connectivity index (χ4n) is 2.28. The maximum atomic E-state index is 4.96. The van der Waals surface area contributed by atoms with Crippen molar-refractivity contribution in [2.24, 2.45) is 9.98 Å². The molecule has 1 aliphatic heterocycles. The highest BCUT2D eigenvalue weighted by molar-refractivity contribution is 7.88. The molecule has 0 fully saturated rings. The molecule has 0 saturated heterocycles. The highest BCUT2D eigenvalue weighted by atomic mass is 31.1. The third kappa shape index (κ3) is 7.30.